The third-order valence-electron chi connectivity index (χ3n) is 3.41. The van der Waals surface area contributed by atoms with Gasteiger partial charge in [0, 0.05) is 9.30 Å². The van der Waals surface area contributed by atoms with Crippen LogP contribution in [0.2, 0.25) is 0 Å². The van der Waals surface area contributed by atoms with Crippen LogP contribution in [0, 0.1) is 19.8 Å². The Morgan fingerprint density at radius 3 is 2.40 bits per heavy atom. The van der Waals surface area contributed by atoms with Crippen molar-refractivity contribution in [2.75, 3.05) is 0 Å². The van der Waals surface area contributed by atoms with Crippen molar-refractivity contribution in [3.8, 4) is 0 Å². The van der Waals surface area contributed by atoms with Gasteiger partial charge in [-0.1, -0.05) is 44.3 Å². The topological polar surface area (TPSA) is 0 Å². The maximum atomic E-state index is 3.86. The van der Waals surface area contributed by atoms with E-state index in [9.17, 15) is 0 Å². The third kappa shape index (κ3) is 2.31. The van der Waals surface area contributed by atoms with Crippen molar-refractivity contribution in [2.45, 2.75) is 37.9 Å². The Balaban J connectivity index is 2.30. The van der Waals surface area contributed by atoms with Crippen molar-refractivity contribution in [3.63, 3.8) is 0 Å². The zero-order valence-corrected chi connectivity index (χ0v) is 12.4. The van der Waals surface area contributed by atoms with E-state index in [1.54, 1.807) is 0 Å². The summed E-state index contributed by atoms with van der Waals surface area (Å²) in [5.41, 5.74) is 4.20. The normalized spacial score (nSPS) is 18.7. The van der Waals surface area contributed by atoms with E-state index < -0.39 is 0 Å². The lowest BCUT2D eigenvalue weighted by molar-refractivity contribution is 0.312. The van der Waals surface area contributed by atoms with E-state index >= 15 is 0 Å². The highest BCUT2D eigenvalue weighted by atomic mass is 79.9. The average Bonchev–Trinajstić information content (AvgIpc) is 2.08. The van der Waals surface area contributed by atoms with Gasteiger partial charge >= 0.3 is 0 Å². The number of benzene rings is 1. The molecular weight excluding hydrogens is 316 g/mol. The highest BCUT2D eigenvalue weighted by molar-refractivity contribution is 9.10. The molecule has 2 heteroatoms. The Bertz CT molecular complexity index is 367. The Kier molecular flexibility index (Phi) is 3.56. The molecule has 82 valence electrons. The molecule has 0 heterocycles. The monoisotopic (exact) mass is 330 g/mol. The third-order valence-corrected chi connectivity index (χ3v) is 5.50. The molecule has 1 aromatic rings. The molecule has 0 spiro atoms. The number of hydrogen-bond acceptors (Lipinski definition) is 0. The summed E-state index contributed by atoms with van der Waals surface area (Å²) in [6, 6.07) is 4.55. The standard InChI is InChI=1S/C13H16Br2/c1-8-7-12(14)9(2)6-11(8)13(15)10-4-3-5-10/h6-7,10,13H,3-5H2,1-2H3. The fraction of sp³-hybridized carbons (Fsp3) is 0.538. The molecule has 0 radical (unpaired) electrons. The summed E-state index contributed by atoms with van der Waals surface area (Å²) in [6.45, 7) is 4.36. The zero-order valence-electron chi connectivity index (χ0n) is 9.19. The molecule has 0 aromatic heterocycles. The lowest BCUT2D eigenvalue weighted by Gasteiger charge is -2.31. The van der Waals surface area contributed by atoms with Gasteiger partial charge in [-0.25, -0.2) is 0 Å². The van der Waals surface area contributed by atoms with Gasteiger partial charge in [-0.15, -0.1) is 0 Å². The predicted octanol–water partition coefficient (Wildman–Crippen LogP) is 5.30. The first-order valence-corrected chi connectivity index (χ1v) is 7.21. The summed E-state index contributed by atoms with van der Waals surface area (Å²) in [7, 11) is 0. The Morgan fingerprint density at radius 1 is 1.20 bits per heavy atom. The first-order chi connectivity index (χ1) is 7.09. The molecule has 1 fully saturated rings. The minimum atomic E-state index is 0.554. The van der Waals surface area contributed by atoms with Crippen LogP contribution in [0.15, 0.2) is 16.6 Å². The quantitative estimate of drug-likeness (QED) is 0.645. The second kappa shape index (κ2) is 4.58. The van der Waals surface area contributed by atoms with Crippen molar-refractivity contribution >= 4 is 31.9 Å². The van der Waals surface area contributed by atoms with Crippen LogP contribution in [0.5, 0.6) is 0 Å². The van der Waals surface area contributed by atoms with Crippen LogP contribution >= 0.6 is 31.9 Å². The van der Waals surface area contributed by atoms with Crippen LogP contribution in [0.3, 0.4) is 0 Å². The second-order valence-electron chi connectivity index (χ2n) is 4.55. The second-order valence-corrected chi connectivity index (χ2v) is 6.39. The van der Waals surface area contributed by atoms with E-state index in [1.165, 1.54) is 40.4 Å². The van der Waals surface area contributed by atoms with Gasteiger partial charge in [0.1, 0.15) is 0 Å². The molecule has 0 N–H and O–H groups in total. The first-order valence-electron chi connectivity index (χ1n) is 5.50. The van der Waals surface area contributed by atoms with Crippen molar-refractivity contribution in [1.82, 2.24) is 0 Å². The van der Waals surface area contributed by atoms with Gasteiger partial charge in [-0.2, -0.15) is 0 Å². The van der Waals surface area contributed by atoms with Gasteiger partial charge in [-0.05, 0) is 55.4 Å². The molecule has 0 aliphatic heterocycles. The van der Waals surface area contributed by atoms with Crippen LogP contribution in [0.4, 0.5) is 0 Å². The van der Waals surface area contributed by atoms with Crippen LogP contribution in [0.25, 0.3) is 0 Å². The highest BCUT2D eigenvalue weighted by Crippen LogP contribution is 2.44. The highest BCUT2D eigenvalue weighted by Gasteiger charge is 2.27. The van der Waals surface area contributed by atoms with E-state index in [4.69, 9.17) is 0 Å². The number of alkyl halides is 1. The fourth-order valence-electron chi connectivity index (χ4n) is 2.09. The van der Waals surface area contributed by atoms with Crippen molar-refractivity contribution in [3.05, 3.63) is 33.3 Å². The van der Waals surface area contributed by atoms with Crippen LogP contribution in [-0.4, -0.2) is 0 Å². The molecule has 1 aliphatic carbocycles. The summed E-state index contributed by atoms with van der Waals surface area (Å²) in [5.74, 6) is 0.851. The largest absolute Gasteiger partial charge is 0.0836 e. The van der Waals surface area contributed by atoms with Gasteiger partial charge in [0.05, 0.1) is 0 Å². The van der Waals surface area contributed by atoms with Crippen LogP contribution in [0.1, 0.15) is 40.8 Å². The van der Waals surface area contributed by atoms with Crippen LogP contribution < -0.4 is 0 Å². The molecule has 1 atom stereocenters. The summed E-state index contributed by atoms with van der Waals surface area (Å²) in [6.07, 6.45) is 4.16. The smallest absolute Gasteiger partial charge is 0.0426 e. The minimum Gasteiger partial charge on any atom is -0.0836 e. The number of halogens is 2. The van der Waals surface area contributed by atoms with Gasteiger partial charge in [0.15, 0.2) is 0 Å². The molecule has 1 aliphatic rings. The molecular formula is C13H16Br2. The zero-order chi connectivity index (χ0) is 11.0. The van der Waals surface area contributed by atoms with Gasteiger partial charge in [0.2, 0.25) is 0 Å². The average molecular weight is 332 g/mol. The molecule has 0 amide bonds. The molecule has 15 heavy (non-hydrogen) atoms. The number of hydrogen-bond donors (Lipinski definition) is 0. The van der Waals surface area contributed by atoms with Crippen LogP contribution in [-0.2, 0) is 0 Å². The molecule has 1 aromatic carbocycles. The van der Waals surface area contributed by atoms with E-state index in [-0.39, 0.29) is 0 Å². The lowest BCUT2D eigenvalue weighted by Crippen LogP contribution is -2.17. The molecule has 1 saturated carbocycles. The maximum Gasteiger partial charge on any atom is 0.0426 e. The number of rotatable bonds is 2. The summed E-state index contributed by atoms with van der Waals surface area (Å²) >= 11 is 7.44. The summed E-state index contributed by atoms with van der Waals surface area (Å²) < 4.78 is 1.22. The predicted molar refractivity (Wildman–Crippen MR) is 72.6 cm³/mol. The van der Waals surface area contributed by atoms with Crippen molar-refractivity contribution in [2.24, 2.45) is 5.92 Å². The minimum absolute atomic E-state index is 0.554. The fourth-order valence-corrected chi connectivity index (χ4v) is 3.57. The lowest BCUT2D eigenvalue weighted by atomic mass is 9.80. The molecule has 0 nitrogen and oxygen atoms in total. The molecule has 0 saturated heterocycles. The molecule has 2 rings (SSSR count). The number of aryl methyl sites for hydroxylation is 2. The van der Waals surface area contributed by atoms with E-state index in [0.29, 0.717) is 4.83 Å². The SMILES string of the molecule is Cc1cc(C(Br)C2CCC2)c(C)cc1Br. The van der Waals surface area contributed by atoms with Gasteiger partial charge in [-0.3, -0.25) is 0 Å². The molecule has 0 bridgehead atoms. The Morgan fingerprint density at radius 2 is 1.87 bits per heavy atom. The Hall–Kier alpha value is 0.180. The summed E-state index contributed by atoms with van der Waals surface area (Å²) in [5, 5.41) is 0. The Labute approximate surface area is 109 Å². The van der Waals surface area contributed by atoms with E-state index in [1.807, 2.05) is 0 Å². The maximum absolute atomic E-state index is 3.86. The van der Waals surface area contributed by atoms with Crippen molar-refractivity contribution in [1.29, 1.82) is 0 Å². The van der Waals surface area contributed by atoms with Crippen molar-refractivity contribution < 1.29 is 0 Å². The molecule has 1 unspecified atom stereocenters. The van der Waals surface area contributed by atoms with E-state index in [2.05, 4.69) is 57.8 Å². The van der Waals surface area contributed by atoms with E-state index in [0.717, 1.165) is 5.92 Å². The van der Waals surface area contributed by atoms with Gasteiger partial charge < -0.3 is 0 Å². The summed E-state index contributed by atoms with van der Waals surface area (Å²) in [4.78, 5) is 0.554. The first kappa shape index (κ1) is 11.7. The van der Waals surface area contributed by atoms with Gasteiger partial charge in [0.25, 0.3) is 0 Å².